The summed E-state index contributed by atoms with van der Waals surface area (Å²) >= 11 is 0. The first-order chi connectivity index (χ1) is 16.8. The minimum atomic E-state index is -0.617. The van der Waals surface area contributed by atoms with Crippen LogP contribution in [0.4, 0.5) is 0 Å². The zero-order valence-electron chi connectivity index (χ0n) is 22.8. The molecule has 2 aromatic carbocycles. The lowest BCUT2D eigenvalue weighted by Gasteiger charge is -2.32. The van der Waals surface area contributed by atoms with Crippen molar-refractivity contribution < 1.29 is 18.8 Å². The van der Waals surface area contributed by atoms with Gasteiger partial charge in [0.25, 0.3) is 0 Å². The third-order valence-corrected chi connectivity index (χ3v) is 6.45. The van der Waals surface area contributed by atoms with E-state index in [1.54, 1.807) is 6.92 Å². The van der Waals surface area contributed by atoms with E-state index in [0.717, 1.165) is 23.2 Å². The summed E-state index contributed by atoms with van der Waals surface area (Å²) in [6.45, 7) is 7.55. The van der Waals surface area contributed by atoms with Gasteiger partial charge in [-0.15, -0.1) is 0 Å². The molecule has 35 heavy (non-hydrogen) atoms. The van der Waals surface area contributed by atoms with Gasteiger partial charge < -0.3 is 14.0 Å². The van der Waals surface area contributed by atoms with Crippen LogP contribution in [0.2, 0.25) is 0 Å². The number of esters is 1. The molecule has 0 radical (unpaired) electrons. The lowest BCUT2D eigenvalue weighted by molar-refractivity contribution is -0.905. The molecule has 2 unspecified atom stereocenters. The van der Waals surface area contributed by atoms with E-state index in [9.17, 15) is 4.79 Å². The molecule has 2 aromatic rings. The van der Waals surface area contributed by atoms with Crippen LogP contribution in [0.5, 0.6) is 5.75 Å². The van der Waals surface area contributed by atoms with Crippen molar-refractivity contribution in [1.82, 2.24) is 0 Å². The van der Waals surface area contributed by atoms with Crippen LogP contribution in [0.1, 0.15) is 83.3 Å². The second-order valence-corrected chi connectivity index (χ2v) is 10.7. The van der Waals surface area contributed by atoms with Crippen molar-refractivity contribution in [3.63, 3.8) is 0 Å². The third-order valence-electron chi connectivity index (χ3n) is 6.45. The van der Waals surface area contributed by atoms with Crippen molar-refractivity contribution >= 4 is 5.97 Å². The van der Waals surface area contributed by atoms with Crippen molar-refractivity contribution in [2.24, 2.45) is 5.92 Å². The molecule has 0 aliphatic rings. The number of nitrogens with zero attached hydrogens (tertiary/aromatic N) is 1. The summed E-state index contributed by atoms with van der Waals surface area (Å²) in [4.78, 5) is 12.7. The van der Waals surface area contributed by atoms with E-state index in [1.807, 2.05) is 25.1 Å². The van der Waals surface area contributed by atoms with E-state index < -0.39 is 6.29 Å². The molecule has 0 aromatic heterocycles. The Morgan fingerprint density at radius 3 is 2.03 bits per heavy atom. The quantitative estimate of drug-likeness (QED) is 0.101. The summed E-state index contributed by atoms with van der Waals surface area (Å²) in [6.07, 6.45) is 11.2. The highest BCUT2D eigenvalue weighted by atomic mass is 16.7. The molecule has 0 heterocycles. The number of carbonyl (C=O) groups is 1. The molecular formula is C31H48NO3+. The van der Waals surface area contributed by atoms with E-state index in [4.69, 9.17) is 9.47 Å². The van der Waals surface area contributed by atoms with Gasteiger partial charge in [0.2, 0.25) is 6.29 Å². The molecule has 0 saturated carbocycles. The van der Waals surface area contributed by atoms with Gasteiger partial charge in [-0.05, 0) is 37.5 Å². The van der Waals surface area contributed by atoms with Gasteiger partial charge in [-0.1, -0.05) is 94.3 Å². The molecule has 0 N–H and O–H groups in total. The summed E-state index contributed by atoms with van der Waals surface area (Å²) in [5.41, 5.74) is 2.60. The predicted octanol–water partition coefficient (Wildman–Crippen LogP) is 7.55. The highest BCUT2D eigenvalue weighted by Crippen LogP contribution is 2.18. The van der Waals surface area contributed by atoms with Crippen LogP contribution in [0.25, 0.3) is 0 Å². The van der Waals surface area contributed by atoms with Crippen LogP contribution in [-0.2, 0) is 22.5 Å². The van der Waals surface area contributed by atoms with Gasteiger partial charge in [-0.2, -0.15) is 0 Å². The Kier molecular flexibility index (Phi) is 12.9. The van der Waals surface area contributed by atoms with E-state index in [2.05, 4.69) is 57.4 Å². The molecule has 0 aliphatic carbocycles. The first-order valence-corrected chi connectivity index (χ1v) is 13.6. The Labute approximate surface area is 214 Å². The van der Waals surface area contributed by atoms with Crippen molar-refractivity contribution in [1.29, 1.82) is 0 Å². The summed E-state index contributed by atoms with van der Waals surface area (Å²) in [5, 5.41) is 0. The molecule has 0 aliphatic heterocycles. The topological polar surface area (TPSA) is 35.5 Å². The van der Waals surface area contributed by atoms with Crippen molar-refractivity contribution in [3.8, 4) is 5.75 Å². The lowest BCUT2D eigenvalue weighted by Crippen LogP contribution is -2.44. The van der Waals surface area contributed by atoms with Crippen molar-refractivity contribution in [3.05, 3.63) is 65.7 Å². The maximum atomic E-state index is 12.7. The molecule has 2 atom stereocenters. The van der Waals surface area contributed by atoms with Crippen molar-refractivity contribution in [2.45, 2.75) is 91.4 Å². The van der Waals surface area contributed by atoms with Crippen molar-refractivity contribution in [2.75, 3.05) is 20.6 Å². The van der Waals surface area contributed by atoms with Crippen LogP contribution >= 0.6 is 0 Å². The standard InChI is InChI=1S/C31H48NO3/c1-6-7-8-9-10-11-12-14-17-28-20-22-30(23-21-28)34-27(3)35-31(33)26(2)24-32(4,5)25-29-18-15-13-16-19-29/h13,15-16,18-23,26-27H,6-12,14,17,24-25H2,1-5H3/q+1. The first-order valence-electron chi connectivity index (χ1n) is 13.6. The van der Waals surface area contributed by atoms with Crippen LogP contribution in [0.3, 0.4) is 0 Å². The Hall–Kier alpha value is -2.33. The molecule has 4 heteroatoms. The Balaban J connectivity index is 1.68. The number of aryl methyl sites for hydroxylation is 1. The smallest absolute Gasteiger partial charge is 0.317 e. The highest BCUT2D eigenvalue weighted by molar-refractivity contribution is 5.72. The molecule has 0 amide bonds. The molecule has 194 valence electrons. The van der Waals surface area contributed by atoms with Crippen LogP contribution in [0, 0.1) is 5.92 Å². The van der Waals surface area contributed by atoms with E-state index in [0.29, 0.717) is 6.54 Å². The summed E-state index contributed by atoms with van der Waals surface area (Å²) < 4.78 is 12.2. The first kappa shape index (κ1) is 28.9. The van der Waals surface area contributed by atoms with Gasteiger partial charge >= 0.3 is 5.97 Å². The largest absolute Gasteiger partial charge is 0.455 e. The minimum absolute atomic E-state index is 0.214. The summed E-state index contributed by atoms with van der Waals surface area (Å²) in [5.74, 6) is 0.301. The van der Waals surface area contributed by atoms with Gasteiger partial charge in [0, 0.05) is 12.5 Å². The average molecular weight is 483 g/mol. The van der Waals surface area contributed by atoms with Crippen LogP contribution < -0.4 is 4.74 Å². The number of hydrogen-bond acceptors (Lipinski definition) is 3. The monoisotopic (exact) mass is 482 g/mol. The van der Waals surface area contributed by atoms with Gasteiger partial charge in [0.05, 0.1) is 20.6 Å². The number of rotatable bonds is 17. The molecular weight excluding hydrogens is 434 g/mol. The SMILES string of the molecule is CCCCCCCCCCc1ccc(OC(C)OC(=O)C(C)C[N+](C)(C)Cc2ccccc2)cc1. The number of hydrogen-bond donors (Lipinski definition) is 0. The number of quaternary nitrogens is 1. The molecule has 0 fully saturated rings. The Morgan fingerprint density at radius 1 is 0.800 bits per heavy atom. The fraction of sp³-hybridized carbons (Fsp3) is 0.581. The second-order valence-electron chi connectivity index (χ2n) is 10.7. The predicted molar refractivity (Wildman–Crippen MR) is 145 cm³/mol. The summed E-state index contributed by atoms with van der Waals surface area (Å²) in [6, 6.07) is 18.6. The average Bonchev–Trinajstić information content (AvgIpc) is 2.81. The lowest BCUT2D eigenvalue weighted by atomic mass is 10.0. The maximum Gasteiger partial charge on any atom is 0.317 e. The van der Waals surface area contributed by atoms with Gasteiger partial charge in [0.15, 0.2) is 0 Å². The van der Waals surface area contributed by atoms with Gasteiger partial charge in [-0.3, -0.25) is 4.79 Å². The summed E-state index contributed by atoms with van der Waals surface area (Å²) in [7, 11) is 4.29. The number of ether oxygens (including phenoxy) is 2. The fourth-order valence-corrected chi connectivity index (χ4v) is 4.65. The van der Waals surface area contributed by atoms with Crippen LogP contribution in [0.15, 0.2) is 54.6 Å². The van der Waals surface area contributed by atoms with Gasteiger partial charge in [0.1, 0.15) is 18.2 Å². The minimum Gasteiger partial charge on any atom is -0.455 e. The highest BCUT2D eigenvalue weighted by Gasteiger charge is 2.27. The third kappa shape index (κ3) is 12.3. The molecule has 0 spiro atoms. The normalized spacial score (nSPS) is 13.3. The molecule has 4 nitrogen and oxygen atoms in total. The van der Waals surface area contributed by atoms with E-state index in [-0.39, 0.29) is 11.9 Å². The maximum absolute atomic E-state index is 12.7. The van der Waals surface area contributed by atoms with E-state index in [1.165, 1.54) is 62.5 Å². The zero-order valence-corrected chi connectivity index (χ0v) is 22.8. The Bertz CT molecular complexity index is 832. The molecule has 0 saturated heterocycles. The van der Waals surface area contributed by atoms with Gasteiger partial charge in [-0.25, -0.2) is 0 Å². The second kappa shape index (κ2) is 15.6. The number of carbonyl (C=O) groups excluding carboxylic acids is 1. The zero-order chi connectivity index (χ0) is 25.5. The Morgan fingerprint density at radius 2 is 1.40 bits per heavy atom. The fourth-order valence-electron chi connectivity index (χ4n) is 4.65. The van der Waals surface area contributed by atoms with E-state index >= 15 is 0 Å². The number of benzene rings is 2. The molecule has 2 rings (SSSR count). The number of unbranched alkanes of at least 4 members (excludes halogenated alkanes) is 7. The molecule has 0 bridgehead atoms. The van der Waals surface area contributed by atoms with Crippen LogP contribution in [-0.4, -0.2) is 37.4 Å².